The molecular weight excluding hydrogens is 429 g/mol. The van der Waals surface area contributed by atoms with Crippen molar-refractivity contribution in [3.63, 3.8) is 0 Å². The minimum atomic E-state index is 0. The van der Waals surface area contributed by atoms with Crippen molar-refractivity contribution < 1.29 is 9.47 Å². The van der Waals surface area contributed by atoms with Gasteiger partial charge in [-0.1, -0.05) is 24.3 Å². The zero-order valence-electron chi connectivity index (χ0n) is 14.5. The van der Waals surface area contributed by atoms with Crippen molar-refractivity contribution in [1.29, 1.82) is 0 Å². The van der Waals surface area contributed by atoms with Gasteiger partial charge in [0.2, 0.25) is 0 Å². The Labute approximate surface area is 165 Å². The lowest BCUT2D eigenvalue weighted by Gasteiger charge is -2.16. The first-order valence-electron chi connectivity index (χ1n) is 8.10. The average molecular weight is 453 g/mol. The Morgan fingerprint density at radius 1 is 1.12 bits per heavy atom. The fourth-order valence-electron chi connectivity index (χ4n) is 2.43. The Morgan fingerprint density at radius 2 is 1.76 bits per heavy atom. The zero-order chi connectivity index (χ0) is 16.9. The third kappa shape index (κ3) is 5.26. The number of methoxy groups -OCH3 is 1. The van der Waals surface area contributed by atoms with Crippen LogP contribution in [-0.4, -0.2) is 31.1 Å². The van der Waals surface area contributed by atoms with Gasteiger partial charge in [0.15, 0.2) is 17.5 Å². The molecule has 0 bridgehead atoms. The van der Waals surface area contributed by atoms with Crippen LogP contribution < -0.4 is 15.2 Å². The van der Waals surface area contributed by atoms with Gasteiger partial charge in [-0.3, -0.25) is 0 Å². The number of rotatable bonds is 6. The molecule has 1 aliphatic rings. The molecule has 25 heavy (non-hydrogen) atoms. The molecular formula is C19H24IN3O2. The smallest absolute Gasteiger partial charge is 0.191 e. The fraction of sp³-hybridized carbons (Fsp3) is 0.316. The number of para-hydroxylation sites is 2. The van der Waals surface area contributed by atoms with Crippen LogP contribution in [0.2, 0.25) is 0 Å². The van der Waals surface area contributed by atoms with Crippen LogP contribution >= 0.6 is 24.0 Å². The summed E-state index contributed by atoms with van der Waals surface area (Å²) in [7, 11) is 3.63. The van der Waals surface area contributed by atoms with Crippen molar-refractivity contribution in [2.45, 2.75) is 25.4 Å². The summed E-state index contributed by atoms with van der Waals surface area (Å²) in [5.41, 5.74) is 7.10. The predicted octanol–water partition coefficient (Wildman–Crippen LogP) is 4.01. The minimum absolute atomic E-state index is 0. The highest BCUT2D eigenvalue weighted by Gasteiger charge is 2.27. The number of nitrogens with zero attached hydrogens (tertiary/aromatic N) is 2. The molecule has 0 spiro atoms. The highest BCUT2D eigenvalue weighted by molar-refractivity contribution is 14.0. The summed E-state index contributed by atoms with van der Waals surface area (Å²) < 4.78 is 11.2. The molecule has 0 saturated heterocycles. The lowest BCUT2D eigenvalue weighted by molar-refractivity contribution is 0.379. The standard InChI is InChI=1S/C19H23N3O2.HI/c1-22(15-9-10-15)19(20)21-13-14-7-11-16(12-8-14)24-18-6-4-3-5-17(18)23-2;/h3-8,11-12,15H,9-10,13H2,1-2H3,(H2,20,21);1H. The van der Waals surface area contributed by atoms with Crippen LogP contribution in [0.3, 0.4) is 0 Å². The lowest BCUT2D eigenvalue weighted by atomic mass is 10.2. The number of nitrogens with two attached hydrogens (primary N) is 1. The summed E-state index contributed by atoms with van der Waals surface area (Å²) in [5, 5.41) is 0. The quantitative estimate of drug-likeness (QED) is 0.408. The number of hydrogen-bond donors (Lipinski definition) is 1. The van der Waals surface area contributed by atoms with E-state index >= 15 is 0 Å². The van der Waals surface area contributed by atoms with Gasteiger partial charge in [0.25, 0.3) is 0 Å². The summed E-state index contributed by atoms with van der Waals surface area (Å²) >= 11 is 0. The van der Waals surface area contributed by atoms with Gasteiger partial charge in [-0.15, -0.1) is 24.0 Å². The highest BCUT2D eigenvalue weighted by Crippen LogP contribution is 2.31. The molecule has 0 atom stereocenters. The molecule has 134 valence electrons. The van der Waals surface area contributed by atoms with Gasteiger partial charge >= 0.3 is 0 Å². The van der Waals surface area contributed by atoms with Crippen molar-refractivity contribution in [1.82, 2.24) is 4.90 Å². The normalized spacial score (nSPS) is 13.8. The summed E-state index contributed by atoms with van der Waals surface area (Å²) in [4.78, 5) is 6.51. The van der Waals surface area contributed by atoms with Crippen molar-refractivity contribution in [3.05, 3.63) is 54.1 Å². The van der Waals surface area contributed by atoms with Gasteiger partial charge in [-0.05, 0) is 42.7 Å². The maximum atomic E-state index is 6.01. The highest BCUT2D eigenvalue weighted by atomic mass is 127. The molecule has 0 radical (unpaired) electrons. The lowest BCUT2D eigenvalue weighted by Crippen LogP contribution is -2.35. The second-order valence-corrected chi connectivity index (χ2v) is 5.91. The number of halogens is 1. The van der Waals surface area contributed by atoms with E-state index in [0.717, 1.165) is 11.3 Å². The van der Waals surface area contributed by atoms with Crippen LogP contribution in [0.1, 0.15) is 18.4 Å². The second kappa shape index (κ2) is 8.94. The van der Waals surface area contributed by atoms with Crippen molar-refractivity contribution in [2.24, 2.45) is 10.7 Å². The van der Waals surface area contributed by atoms with Crippen LogP contribution in [0.4, 0.5) is 0 Å². The third-order valence-electron chi connectivity index (χ3n) is 4.10. The van der Waals surface area contributed by atoms with Crippen LogP contribution in [0, 0.1) is 0 Å². The van der Waals surface area contributed by atoms with E-state index in [4.69, 9.17) is 15.2 Å². The Balaban J connectivity index is 0.00000225. The molecule has 3 rings (SSSR count). The maximum absolute atomic E-state index is 6.01. The molecule has 2 N–H and O–H groups in total. The topological polar surface area (TPSA) is 60.1 Å². The van der Waals surface area contributed by atoms with E-state index in [0.29, 0.717) is 30.0 Å². The Morgan fingerprint density at radius 3 is 2.36 bits per heavy atom. The van der Waals surface area contributed by atoms with Crippen molar-refractivity contribution in [3.8, 4) is 17.2 Å². The third-order valence-corrected chi connectivity index (χ3v) is 4.10. The molecule has 1 saturated carbocycles. The molecule has 0 aromatic heterocycles. The Bertz CT molecular complexity index is 715. The molecule has 1 fully saturated rings. The van der Waals surface area contributed by atoms with E-state index < -0.39 is 0 Å². The first-order chi connectivity index (χ1) is 11.7. The molecule has 1 aliphatic carbocycles. The molecule has 2 aromatic carbocycles. The fourth-order valence-corrected chi connectivity index (χ4v) is 2.43. The summed E-state index contributed by atoms with van der Waals surface area (Å²) in [6.45, 7) is 0.567. The zero-order valence-corrected chi connectivity index (χ0v) is 16.8. The van der Waals surface area contributed by atoms with E-state index in [-0.39, 0.29) is 24.0 Å². The Kier molecular flexibility index (Phi) is 6.92. The second-order valence-electron chi connectivity index (χ2n) is 5.91. The van der Waals surface area contributed by atoms with Crippen molar-refractivity contribution in [2.75, 3.05) is 14.2 Å². The Hall–Kier alpha value is -1.96. The van der Waals surface area contributed by atoms with Gasteiger partial charge < -0.3 is 20.1 Å². The monoisotopic (exact) mass is 453 g/mol. The molecule has 0 aliphatic heterocycles. The molecule has 0 amide bonds. The molecule has 2 aromatic rings. The number of aliphatic imine (C=N–C) groups is 1. The van der Waals surface area contributed by atoms with Gasteiger partial charge in [0.1, 0.15) is 5.75 Å². The average Bonchev–Trinajstić information content (AvgIpc) is 3.46. The van der Waals surface area contributed by atoms with E-state index in [2.05, 4.69) is 9.89 Å². The largest absolute Gasteiger partial charge is 0.493 e. The summed E-state index contributed by atoms with van der Waals surface area (Å²) in [6, 6.07) is 16.0. The van der Waals surface area contributed by atoms with E-state index in [1.165, 1.54) is 12.8 Å². The first-order valence-corrected chi connectivity index (χ1v) is 8.10. The SMILES string of the molecule is COc1ccccc1Oc1ccc(CN=C(N)N(C)C2CC2)cc1.I. The summed E-state index contributed by atoms with van der Waals surface area (Å²) in [6.07, 6.45) is 2.42. The predicted molar refractivity (Wildman–Crippen MR) is 111 cm³/mol. The maximum Gasteiger partial charge on any atom is 0.191 e. The van der Waals surface area contributed by atoms with Gasteiger partial charge in [-0.2, -0.15) is 0 Å². The minimum Gasteiger partial charge on any atom is -0.493 e. The number of ether oxygens (including phenoxy) is 2. The van der Waals surface area contributed by atoms with Gasteiger partial charge in [0.05, 0.1) is 13.7 Å². The van der Waals surface area contributed by atoms with Crippen LogP contribution in [0.15, 0.2) is 53.5 Å². The van der Waals surface area contributed by atoms with E-state index in [1.54, 1.807) is 7.11 Å². The molecule has 0 heterocycles. The van der Waals surface area contributed by atoms with Crippen molar-refractivity contribution >= 4 is 29.9 Å². The number of guanidine groups is 1. The molecule has 6 heteroatoms. The number of hydrogen-bond acceptors (Lipinski definition) is 3. The van der Waals surface area contributed by atoms with Gasteiger partial charge in [-0.25, -0.2) is 4.99 Å². The molecule has 0 unspecified atom stereocenters. The summed E-state index contributed by atoms with van der Waals surface area (Å²) in [5.74, 6) is 2.77. The van der Waals surface area contributed by atoms with Crippen LogP contribution in [-0.2, 0) is 6.54 Å². The van der Waals surface area contributed by atoms with E-state index in [9.17, 15) is 0 Å². The van der Waals surface area contributed by atoms with E-state index in [1.807, 2.05) is 55.6 Å². The molecule has 5 nitrogen and oxygen atoms in total. The van der Waals surface area contributed by atoms with Crippen LogP contribution in [0.5, 0.6) is 17.2 Å². The van der Waals surface area contributed by atoms with Crippen LogP contribution in [0.25, 0.3) is 0 Å². The number of benzene rings is 2. The van der Waals surface area contributed by atoms with Gasteiger partial charge in [0, 0.05) is 13.1 Å². The first kappa shape index (κ1) is 19.4.